The minimum absolute atomic E-state index is 0.114. The first-order valence-electron chi connectivity index (χ1n) is 35.7. The minimum atomic E-state index is -1.63. The third kappa shape index (κ3) is 49.7. The van der Waals surface area contributed by atoms with E-state index in [1.165, 1.54) is 135 Å². The van der Waals surface area contributed by atoms with Crippen LogP contribution in [-0.4, -0.2) is 99.6 Å². The summed E-state index contributed by atoms with van der Waals surface area (Å²) in [5.41, 5.74) is 0. The average molecular weight is 1220 g/mol. The van der Waals surface area contributed by atoms with Gasteiger partial charge in [-0.1, -0.05) is 291 Å². The number of aliphatic hydroxyl groups excluding tert-OH is 5. The van der Waals surface area contributed by atoms with Crippen LogP contribution in [0.15, 0.2) is 109 Å². The van der Waals surface area contributed by atoms with Gasteiger partial charge in [0, 0.05) is 6.42 Å². The van der Waals surface area contributed by atoms with Gasteiger partial charge in [-0.3, -0.25) is 9.59 Å². The average Bonchev–Trinajstić information content (AvgIpc) is 1.52. The maximum atomic E-state index is 13.5. The van der Waals surface area contributed by atoms with Crippen molar-refractivity contribution in [2.75, 3.05) is 13.2 Å². The molecule has 0 radical (unpaired) electrons. The second kappa shape index (κ2) is 62.5. The van der Waals surface area contributed by atoms with Crippen LogP contribution in [0.2, 0.25) is 0 Å². The van der Waals surface area contributed by atoms with Crippen molar-refractivity contribution < 1.29 is 49.3 Å². The lowest BCUT2D eigenvalue weighted by Crippen LogP contribution is -2.61. The highest BCUT2D eigenvalue weighted by atomic mass is 16.7. The summed E-state index contributed by atoms with van der Waals surface area (Å²) in [4.78, 5) is 26.7. The van der Waals surface area contributed by atoms with E-state index in [1.54, 1.807) is 6.08 Å². The Hall–Kier alpha value is -3.68. The summed E-state index contributed by atoms with van der Waals surface area (Å²) in [6, 6.07) is -1.04. The molecule has 1 fully saturated rings. The maximum Gasteiger partial charge on any atom is 0.306 e. The Morgan fingerprint density at radius 2 is 0.828 bits per heavy atom. The fourth-order valence-corrected chi connectivity index (χ4v) is 10.6. The van der Waals surface area contributed by atoms with E-state index in [2.05, 4.69) is 123 Å². The molecule has 1 heterocycles. The van der Waals surface area contributed by atoms with Gasteiger partial charge in [-0.05, 0) is 109 Å². The van der Waals surface area contributed by atoms with Crippen LogP contribution in [0.25, 0.3) is 0 Å². The highest BCUT2D eigenvalue weighted by molar-refractivity contribution is 5.80. The SMILES string of the molecule is CC/C=C\C/C=C\C/C=C\C/C=C\C/C=C\CCCCCCC(O)C(=O)NC(COC1OC(CO)C(O)C(O)C1OC(=O)CCCCCCCCCCCCCC/C=C\C/C=C\C/C=C\CCCCC)C(O)/C=C/CCCCCCCCCCCCC. The largest absolute Gasteiger partial charge is 0.454 e. The Bertz CT molecular complexity index is 1830. The van der Waals surface area contributed by atoms with Gasteiger partial charge in [-0.15, -0.1) is 0 Å². The van der Waals surface area contributed by atoms with Crippen molar-refractivity contribution in [3.05, 3.63) is 109 Å². The van der Waals surface area contributed by atoms with Crippen LogP contribution >= 0.6 is 0 Å². The van der Waals surface area contributed by atoms with Gasteiger partial charge in [-0.25, -0.2) is 0 Å². The van der Waals surface area contributed by atoms with Gasteiger partial charge < -0.3 is 45.1 Å². The Kier molecular flexibility index (Phi) is 58.4. The van der Waals surface area contributed by atoms with E-state index < -0.39 is 67.4 Å². The van der Waals surface area contributed by atoms with E-state index in [0.29, 0.717) is 12.8 Å². The number of carbonyl (C=O) groups is 2. The predicted molar refractivity (Wildman–Crippen MR) is 365 cm³/mol. The Labute approximate surface area is 532 Å². The molecule has 11 nitrogen and oxygen atoms in total. The zero-order valence-corrected chi connectivity index (χ0v) is 55.6. The normalized spacial score (nSPS) is 18.9. The molecule has 0 aromatic rings. The topological polar surface area (TPSA) is 175 Å². The first-order chi connectivity index (χ1) is 42.7. The monoisotopic (exact) mass is 1220 g/mol. The van der Waals surface area contributed by atoms with Crippen LogP contribution in [0.3, 0.4) is 0 Å². The molecule has 0 aliphatic carbocycles. The fraction of sp³-hybridized carbons (Fsp3) is 0.737. The summed E-state index contributed by atoms with van der Waals surface area (Å²) in [5.74, 6) is -1.22. The number of nitrogens with one attached hydrogen (secondary N) is 1. The summed E-state index contributed by atoms with van der Waals surface area (Å²) >= 11 is 0. The van der Waals surface area contributed by atoms with Crippen LogP contribution in [0.4, 0.5) is 0 Å². The van der Waals surface area contributed by atoms with E-state index >= 15 is 0 Å². The molecule has 1 aliphatic rings. The summed E-state index contributed by atoms with van der Waals surface area (Å²) in [6.45, 7) is 5.66. The molecule has 1 saturated heterocycles. The first-order valence-corrected chi connectivity index (χ1v) is 35.7. The molecule has 500 valence electrons. The number of hydrogen-bond donors (Lipinski definition) is 6. The van der Waals surface area contributed by atoms with Gasteiger partial charge in [-0.2, -0.15) is 0 Å². The molecular weight excluding hydrogens is 1090 g/mol. The molecule has 8 unspecified atom stereocenters. The second-order valence-corrected chi connectivity index (χ2v) is 24.2. The van der Waals surface area contributed by atoms with E-state index in [-0.39, 0.29) is 19.4 Å². The number of unbranched alkanes of at least 4 members (excludes halogenated alkanes) is 30. The van der Waals surface area contributed by atoms with Crippen LogP contribution < -0.4 is 5.32 Å². The van der Waals surface area contributed by atoms with Crippen molar-refractivity contribution in [2.45, 2.75) is 346 Å². The molecule has 1 rings (SSSR count). The van der Waals surface area contributed by atoms with Gasteiger partial charge in [0.15, 0.2) is 12.4 Å². The lowest BCUT2D eigenvalue weighted by atomic mass is 9.99. The number of hydrogen-bond acceptors (Lipinski definition) is 10. The molecule has 11 heteroatoms. The molecule has 0 bridgehead atoms. The van der Waals surface area contributed by atoms with Gasteiger partial charge in [0.25, 0.3) is 0 Å². The van der Waals surface area contributed by atoms with Crippen molar-refractivity contribution in [2.24, 2.45) is 0 Å². The Morgan fingerprint density at radius 1 is 0.460 bits per heavy atom. The number of carbonyl (C=O) groups excluding carboxylic acids is 2. The molecule has 87 heavy (non-hydrogen) atoms. The maximum absolute atomic E-state index is 13.5. The Morgan fingerprint density at radius 3 is 1.26 bits per heavy atom. The summed E-state index contributed by atoms with van der Waals surface area (Å²) in [7, 11) is 0. The van der Waals surface area contributed by atoms with Gasteiger partial charge >= 0.3 is 5.97 Å². The van der Waals surface area contributed by atoms with E-state index in [0.717, 1.165) is 116 Å². The predicted octanol–water partition coefficient (Wildman–Crippen LogP) is 18.4. The van der Waals surface area contributed by atoms with Crippen molar-refractivity contribution in [1.29, 1.82) is 0 Å². The molecule has 0 aromatic heterocycles. The standard InChI is InChI=1S/C76H131NO10/c1-4-7-10-13-16-19-22-25-27-29-31-33-34-35-36-37-39-41-43-46-49-52-55-58-61-64-71(81)87-74-73(83)72(82)70(65-78)86-76(74)85-66-67(68(79)62-59-56-53-50-47-44-24-21-18-15-12-9-6-3)77-75(84)69(80)63-60-57-54-51-48-45-42-40-38-32-30-28-26-23-20-17-14-11-8-5-2/h8,11,16-17,19-20,25-28,31-33,38,42,45,59,62,67-70,72-74,76,78-80,82-83H,4-7,9-10,12-15,18,21-24,29-30,34-37,39-41,43-44,46-58,60-61,63-66H2,1-3H3,(H,77,84)/b11-8-,19-16-,20-17-,27-25-,28-26-,33-31-,38-32-,45-42-,62-59+. The minimum Gasteiger partial charge on any atom is -0.454 e. The van der Waals surface area contributed by atoms with Gasteiger partial charge in [0.05, 0.1) is 25.4 Å². The number of amides is 1. The lowest BCUT2D eigenvalue weighted by Gasteiger charge is -2.41. The Balaban J connectivity index is 2.61. The van der Waals surface area contributed by atoms with E-state index in [4.69, 9.17) is 14.2 Å². The van der Waals surface area contributed by atoms with Crippen LogP contribution in [-0.2, 0) is 23.8 Å². The van der Waals surface area contributed by atoms with Crippen molar-refractivity contribution in [1.82, 2.24) is 5.32 Å². The second-order valence-electron chi connectivity index (χ2n) is 24.2. The van der Waals surface area contributed by atoms with Crippen LogP contribution in [0.1, 0.15) is 297 Å². The van der Waals surface area contributed by atoms with Crippen LogP contribution in [0, 0.1) is 0 Å². The number of rotatable bonds is 60. The molecule has 0 spiro atoms. The number of allylic oxidation sites excluding steroid dienone is 17. The zero-order valence-electron chi connectivity index (χ0n) is 55.6. The fourth-order valence-electron chi connectivity index (χ4n) is 10.6. The van der Waals surface area contributed by atoms with E-state index in [9.17, 15) is 35.1 Å². The first kappa shape index (κ1) is 81.3. The molecule has 0 saturated carbocycles. The molecular formula is C76H131NO10. The van der Waals surface area contributed by atoms with Crippen molar-refractivity contribution >= 4 is 11.9 Å². The smallest absolute Gasteiger partial charge is 0.306 e. The third-order valence-corrected chi connectivity index (χ3v) is 16.2. The molecule has 8 atom stereocenters. The van der Waals surface area contributed by atoms with Crippen molar-refractivity contribution in [3.63, 3.8) is 0 Å². The van der Waals surface area contributed by atoms with Crippen molar-refractivity contribution in [3.8, 4) is 0 Å². The van der Waals surface area contributed by atoms with Crippen LogP contribution in [0.5, 0.6) is 0 Å². The summed E-state index contributed by atoms with van der Waals surface area (Å²) in [5, 5.41) is 57.3. The lowest BCUT2D eigenvalue weighted by molar-refractivity contribution is -0.305. The molecule has 6 N–H and O–H groups in total. The zero-order chi connectivity index (χ0) is 63.1. The molecule has 0 aromatic carbocycles. The third-order valence-electron chi connectivity index (χ3n) is 16.2. The van der Waals surface area contributed by atoms with Gasteiger partial charge in [0.2, 0.25) is 5.91 Å². The number of esters is 1. The number of ether oxygens (including phenoxy) is 3. The quantitative estimate of drug-likeness (QED) is 0.0195. The number of aliphatic hydroxyl groups is 5. The highest BCUT2D eigenvalue weighted by Crippen LogP contribution is 2.26. The summed E-state index contributed by atoms with van der Waals surface area (Å²) in [6.07, 6.45) is 75.5. The van der Waals surface area contributed by atoms with E-state index in [1.807, 2.05) is 6.08 Å². The molecule has 1 amide bonds. The molecule has 1 aliphatic heterocycles. The highest BCUT2D eigenvalue weighted by Gasteiger charge is 2.47. The van der Waals surface area contributed by atoms with Gasteiger partial charge in [0.1, 0.15) is 24.4 Å². The summed E-state index contributed by atoms with van der Waals surface area (Å²) < 4.78 is 17.7.